The van der Waals surface area contributed by atoms with Gasteiger partial charge in [0.25, 0.3) is 0 Å². The first-order valence-corrected chi connectivity index (χ1v) is 1.79. The fraction of sp³-hybridized carbons (Fsp3) is 1.00. The maximum atomic E-state index is 2.12. The number of hydrogen-bond donors (Lipinski definition) is 0. The molecule has 0 unspecified atom stereocenters. The number of quaternary nitrogens is 1. The number of nitrogens with zero attached hydrogens (tertiary/aromatic N) is 1. The van der Waals surface area contributed by atoms with Gasteiger partial charge in [0.05, 0.1) is 28.2 Å². The van der Waals surface area contributed by atoms with Gasteiger partial charge in [-0.05, 0) is 0 Å². The van der Waals surface area contributed by atoms with E-state index in [-0.39, 0.29) is 21.7 Å². The minimum Gasteiger partial charge on any atom is -0.333 e. The van der Waals surface area contributed by atoms with Gasteiger partial charge in [-0.2, -0.15) is 0 Å². The van der Waals surface area contributed by atoms with Gasteiger partial charge in [-0.15, -0.1) is 0 Å². The van der Waals surface area contributed by atoms with Crippen LogP contribution in [0.2, 0.25) is 0 Å². The Kier molecular flexibility index (Phi) is 4.56. The van der Waals surface area contributed by atoms with Crippen molar-refractivity contribution in [2.45, 2.75) is 0 Å². The van der Waals surface area contributed by atoms with Gasteiger partial charge < -0.3 is 4.48 Å². The van der Waals surface area contributed by atoms with Crippen LogP contribution in [0.25, 0.3) is 0 Å². The van der Waals surface area contributed by atoms with E-state index in [4.69, 9.17) is 0 Å². The fourth-order valence-corrected chi connectivity index (χ4v) is 0. The summed E-state index contributed by atoms with van der Waals surface area (Å²) in [7, 11) is 8.50. The maximum Gasteiger partial charge on any atom is 4.00 e. The third-order valence-corrected chi connectivity index (χ3v) is 0. The first-order chi connectivity index (χ1) is 2.00. The Labute approximate surface area is 54.8 Å². The van der Waals surface area contributed by atoms with Crippen LogP contribution in [0.5, 0.6) is 0 Å². The summed E-state index contributed by atoms with van der Waals surface area (Å²) in [4.78, 5) is 0. The van der Waals surface area contributed by atoms with Crippen molar-refractivity contribution in [3.63, 3.8) is 0 Å². The average Bonchev–Trinajstić information content (AvgIpc) is 0.722. The largest absolute Gasteiger partial charge is 4.00 e. The summed E-state index contributed by atoms with van der Waals surface area (Å²) in [5.74, 6) is 0. The van der Waals surface area contributed by atoms with Crippen molar-refractivity contribution in [1.29, 1.82) is 0 Å². The molecule has 6 heavy (non-hydrogen) atoms. The maximum absolute atomic E-state index is 2.12. The van der Waals surface area contributed by atoms with Gasteiger partial charge in [-0.1, -0.05) is 0 Å². The Bertz CT molecular complexity index is 23.0. The first-order valence-electron chi connectivity index (χ1n) is 1.79. The molecule has 2 heteroatoms. The monoisotopic (exact) mass is 122 g/mol. The topological polar surface area (TPSA) is 0 Å². The molecule has 32 valence electrons. The van der Waals surface area contributed by atoms with E-state index in [9.17, 15) is 0 Å². The van der Waals surface area contributed by atoms with Crippen molar-refractivity contribution in [1.82, 2.24) is 0 Å². The molecule has 0 aliphatic carbocycles. The standard InChI is InChI=1S/C4H12N.Ti/c1-5(2,3)4;/h1-4H3;/q+1;+4. The Morgan fingerprint density at radius 1 is 0.833 bits per heavy atom. The third kappa shape index (κ3) is 139. The van der Waals surface area contributed by atoms with Crippen molar-refractivity contribution in [2.75, 3.05) is 28.2 Å². The second-order valence-electron chi connectivity index (χ2n) is 2.68. The molecule has 1 nitrogen and oxygen atoms in total. The molecule has 0 aliphatic rings. The van der Waals surface area contributed by atoms with Crippen LogP contribution >= 0.6 is 0 Å². The fourth-order valence-electron chi connectivity index (χ4n) is 0. The van der Waals surface area contributed by atoms with Crippen LogP contribution in [0.3, 0.4) is 0 Å². The van der Waals surface area contributed by atoms with E-state index < -0.39 is 0 Å². The molecule has 0 fully saturated rings. The molecule has 0 N–H and O–H groups in total. The van der Waals surface area contributed by atoms with Crippen molar-refractivity contribution < 1.29 is 26.2 Å². The molecule has 0 spiro atoms. The predicted molar refractivity (Wildman–Crippen MR) is 24.0 cm³/mol. The van der Waals surface area contributed by atoms with Crippen LogP contribution in [-0.4, -0.2) is 32.7 Å². The molecule has 0 aliphatic heterocycles. The third-order valence-electron chi connectivity index (χ3n) is 0. The number of rotatable bonds is 0. The van der Waals surface area contributed by atoms with Crippen LogP contribution in [0.15, 0.2) is 0 Å². The minimum atomic E-state index is 0. The van der Waals surface area contributed by atoms with Gasteiger partial charge in [0.2, 0.25) is 0 Å². The molecule has 0 aromatic rings. The Morgan fingerprint density at radius 2 is 0.833 bits per heavy atom. The summed E-state index contributed by atoms with van der Waals surface area (Å²) in [6.45, 7) is 0. The normalized spacial score (nSPS) is 10.0. The Balaban J connectivity index is 0. The quantitative estimate of drug-likeness (QED) is 0.320. The second kappa shape index (κ2) is 2.78. The van der Waals surface area contributed by atoms with Crippen molar-refractivity contribution >= 4 is 0 Å². The zero-order chi connectivity index (χ0) is 4.50. The first kappa shape index (κ1) is 9.84. The molecule has 0 aromatic carbocycles. The van der Waals surface area contributed by atoms with Crippen LogP contribution in [-0.2, 0) is 21.7 Å². The van der Waals surface area contributed by atoms with Crippen molar-refractivity contribution in [3.8, 4) is 0 Å². The molecule has 0 saturated carbocycles. The summed E-state index contributed by atoms with van der Waals surface area (Å²) in [5, 5.41) is 0. The summed E-state index contributed by atoms with van der Waals surface area (Å²) in [6, 6.07) is 0. The van der Waals surface area contributed by atoms with E-state index in [1.54, 1.807) is 0 Å². The van der Waals surface area contributed by atoms with Gasteiger partial charge >= 0.3 is 21.7 Å². The summed E-state index contributed by atoms with van der Waals surface area (Å²) in [6.07, 6.45) is 0. The Hall–Kier alpha value is 0.674. The SMILES string of the molecule is C[N+](C)(C)C.[Ti+4]. The summed E-state index contributed by atoms with van der Waals surface area (Å²) < 4.78 is 1.00. The molecule has 0 atom stereocenters. The molecule has 0 heterocycles. The van der Waals surface area contributed by atoms with Gasteiger partial charge in [0.15, 0.2) is 0 Å². The zero-order valence-corrected chi connectivity index (χ0v) is 6.51. The molecule has 0 saturated heterocycles. The van der Waals surface area contributed by atoms with E-state index in [0.717, 1.165) is 4.48 Å². The van der Waals surface area contributed by atoms with Crippen LogP contribution in [0.4, 0.5) is 0 Å². The predicted octanol–water partition coefficient (Wildman–Crippen LogP) is 0.320. The molecule has 0 amide bonds. The van der Waals surface area contributed by atoms with Crippen LogP contribution in [0, 0.1) is 0 Å². The average molecular weight is 122 g/mol. The van der Waals surface area contributed by atoms with Gasteiger partial charge in [0, 0.05) is 0 Å². The molecule has 0 bridgehead atoms. The molecule has 0 radical (unpaired) electrons. The zero-order valence-electron chi connectivity index (χ0n) is 4.95. The smallest absolute Gasteiger partial charge is 0.333 e. The van der Waals surface area contributed by atoms with Gasteiger partial charge in [0.1, 0.15) is 0 Å². The van der Waals surface area contributed by atoms with Crippen LogP contribution in [0.1, 0.15) is 0 Å². The van der Waals surface area contributed by atoms with Crippen molar-refractivity contribution in [3.05, 3.63) is 0 Å². The summed E-state index contributed by atoms with van der Waals surface area (Å²) in [5.41, 5.74) is 0. The van der Waals surface area contributed by atoms with Crippen LogP contribution < -0.4 is 0 Å². The number of hydrogen-bond acceptors (Lipinski definition) is 0. The second-order valence-corrected chi connectivity index (χ2v) is 2.68. The van der Waals surface area contributed by atoms with Gasteiger partial charge in [-0.25, -0.2) is 0 Å². The van der Waals surface area contributed by atoms with E-state index >= 15 is 0 Å². The Morgan fingerprint density at radius 3 is 0.833 bits per heavy atom. The minimum absolute atomic E-state index is 0. The molecular weight excluding hydrogens is 110 g/mol. The molecule has 0 aromatic heterocycles. The van der Waals surface area contributed by atoms with E-state index in [2.05, 4.69) is 28.2 Å². The van der Waals surface area contributed by atoms with E-state index in [1.807, 2.05) is 0 Å². The van der Waals surface area contributed by atoms with Crippen molar-refractivity contribution in [2.24, 2.45) is 0 Å². The molecular formula is C4H12NTi+5. The van der Waals surface area contributed by atoms with Gasteiger partial charge in [-0.3, -0.25) is 0 Å². The molecule has 0 rings (SSSR count). The van der Waals surface area contributed by atoms with E-state index in [0.29, 0.717) is 0 Å². The van der Waals surface area contributed by atoms with E-state index in [1.165, 1.54) is 0 Å². The summed E-state index contributed by atoms with van der Waals surface area (Å²) >= 11 is 0.